The molecule has 0 spiro atoms. The molecule has 0 bridgehead atoms. The van der Waals surface area contributed by atoms with Crippen LogP contribution in [-0.2, 0) is 19.1 Å². The van der Waals surface area contributed by atoms with Crippen LogP contribution < -0.4 is 5.73 Å². The first-order valence-electron chi connectivity index (χ1n) is 8.16. The highest BCUT2D eigenvalue weighted by atomic mass is 35.5. The molecule has 3 aromatic rings. The largest absolute Gasteiger partial charge is 0.451 e. The van der Waals surface area contributed by atoms with Crippen molar-refractivity contribution in [3.63, 3.8) is 0 Å². The molecule has 0 radical (unpaired) electrons. The molecule has 4 nitrogen and oxygen atoms in total. The Kier molecular flexibility index (Phi) is 5.20. The molecule has 8 heteroatoms. The van der Waals surface area contributed by atoms with Gasteiger partial charge in [0.15, 0.2) is 0 Å². The Morgan fingerprint density at radius 2 is 1.92 bits per heavy atom. The van der Waals surface area contributed by atoms with E-state index in [9.17, 15) is 13.2 Å². The molecule has 26 heavy (non-hydrogen) atoms. The van der Waals surface area contributed by atoms with E-state index in [0.29, 0.717) is 30.1 Å². The summed E-state index contributed by atoms with van der Waals surface area (Å²) in [4.78, 5) is 6.81. The molecule has 1 atom stereocenters. The van der Waals surface area contributed by atoms with E-state index in [0.717, 1.165) is 16.5 Å². The lowest BCUT2D eigenvalue weighted by Crippen LogP contribution is -2.11. The van der Waals surface area contributed by atoms with Gasteiger partial charge in [-0.25, -0.2) is 9.97 Å². The Bertz CT molecular complexity index is 903. The van der Waals surface area contributed by atoms with Gasteiger partial charge < -0.3 is 10.3 Å². The fourth-order valence-electron chi connectivity index (χ4n) is 2.88. The maximum Gasteiger partial charge on any atom is 0.451 e. The van der Waals surface area contributed by atoms with Crippen molar-refractivity contribution in [1.29, 1.82) is 0 Å². The van der Waals surface area contributed by atoms with Crippen molar-refractivity contribution in [2.45, 2.75) is 32.0 Å². The van der Waals surface area contributed by atoms with E-state index >= 15 is 0 Å². The van der Waals surface area contributed by atoms with Gasteiger partial charge in [0.1, 0.15) is 0 Å². The molecular weight excluding hydrogens is 365 g/mol. The lowest BCUT2D eigenvalue weighted by Gasteiger charge is -2.07. The van der Waals surface area contributed by atoms with Crippen molar-refractivity contribution in [3.05, 3.63) is 58.8 Å². The SMILES string of the molecule is CC(CN)c1cn(CCc2cnc(C(F)(F)F)nc2)c2ccc(Cl)cc12. The number of nitrogens with zero attached hydrogens (tertiary/aromatic N) is 3. The molecular formula is C18H18ClF3N4. The molecule has 2 aromatic heterocycles. The molecule has 0 saturated carbocycles. The van der Waals surface area contributed by atoms with E-state index in [-0.39, 0.29) is 5.92 Å². The van der Waals surface area contributed by atoms with E-state index in [4.69, 9.17) is 17.3 Å². The summed E-state index contributed by atoms with van der Waals surface area (Å²) in [6.07, 6.45) is 0.468. The number of hydrogen-bond acceptors (Lipinski definition) is 3. The Morgan fingerprint density at radius 1 is 1.23 bits per heavy atom. The molecule has 0 aliphatic rings. The molecule has 1 aromatic carbocycles. The lowest BCUT2D eigenvalue weighted by atomic mass is 10.0. The molecule has 0 amide bonds. The van der Waals surface area contributed by atoms with Crippen molar-refractivity contribution in [2.75, 3.05) is 6.54 Å². The standard InChI is InChI=1S/C18H18ClF3N4/c1-11(7-23)15-10-26(16-3-2-13(19)6-14(15)16)5-4-12-8-24-17(25-9-12)18(20,21)22/h2-3,6,8-11H,4-5,7,23H2,1H3. The van der Waals surface area contributed by atoms with Gasteiger partial charge in [-0.1, -0.05) is 18.5 Å². The van der Waals surface area contributed by atoms with Gasteiger partial charge in [0.25, 0.3) is 0 Å². The van der Waals surface area contributed by atoms with Crippen LogP contribution in [0.15, 0.2) is 36.8 Å². The molecule has 2 N–H and O–H groups in total. The average molecular weight is 383 g/mol. The number of halogens is 4. The molecule has 0 aliphatic heterocycles. The summed E-state index contributed by atoms with van der Waals surface area (Å²) >= 11 is 6.12. The highest BCUT2D eigenvalue weighted by Gasteiger charge is 2.34. The molecule has 138 valence electrons. The van der Waals surface area contributed by atoms with Crippen LogP contribution in [0, 0.1) is 0 Å². The molecule has 1 unspecified atom stereocenters. The summed E-state index contributed by atoms with van der Waals surface area (Å²) < 4.78 is 39.7. The zero-order chi connectivity index (χ0) is 18.9. The number of nitrogens with two attached hydrogens (primary N) is 1. The smallest absolute Gasteiger partial charge is 0.347 e. The Balaban J connectivity index is 1.85. The molecule has 0 fully saturated rings. The first-order valence-corrected chi connectivity index (χ1v) is 8.54. The van der Waals surface area contributed by atoms with Crippen LogP contribution in [0.25, 0.3) is 10.9 Å². The summed E-state index contributed by atoms with van der Waals surface area (Å²) in [5.41, 5.74) is 8.56. The molecule has 2 heterocycles. The fraction of sp³-hybridized carbons (Fsp3) is 0.333. The van der Waals surface area contributed by atoms with Crippen LogP contribution in [0.1, 0.15) is 29.8 Å². The number of alkyl halides is 3. The van der Waals surface area contributed by atoms with E-state index in [1.54, 1.807) is 0 Å². The average Bonchev–Trinajstić information content (AvgIpc) is 2.96. The molecule has 0 saturated heterocycles. The van der Waals surface area contributed by atoms with Crippen LogP contribution in [0.2, 0.25) is 5.02 Å². The van der Waals surface area contributed by atoms with Gasteiger partial charge in [-0.2, -0.15) is 13.2 Å². The van der Waals surface area contributed by atoms with E-state index in [1.807, 2.05) is 31.3 Å². The normalized spacial score (nSPS) is 13.3. The van der Waals surface area contributed by atoms with E-state index in [1.165, 1.54) is 12.4 Å². The minimum absolute atomic E-state index is 0.173. The Morgan fingerprint density at radius 3 is 2.54 bits per heavy atom. The quantitative estimate of drug-likeness (QED) is 0.711. The number of hydrogen-bond donors (Lipinski definition) is 1. The summed E-state index contributed by atoms with van der Waals surface area (Å²) in [7, 11) is 0. The molecule has 0 aliphatic carbocycles. The van der Waals surface area contributed by atoms with Crippen LogP contribution >= 0.6 is 11.6 Å². The van der Waals surface area contributed by atoms with E-state index < -0.39 is 12.0 Å². The highest BCUT2D eigenvalue weighted by Crippen LogP contribution is 2.30. The Hall–Kier alpha value is -2.12. The third-order valence-electron chi connectivity index (χ3n) is 4.36. The first-order chi connectivity index (χ1) is 12.3. The third kappa shape index (κ3) is 3.83. The van der Waals surface area contributed by atoms with Crippen molar-refractivity contribution in [3.8, 4) is 0 Å². The number of fused-ring (bicyclic) bond motifs is 1. The van der Waals surface area contributed by atoms with Crippen molar-refractivity contribution in [1.82, 2.24) is 14.5 Å². The third-order valence-corrected chi connectivity index (χ3v) is 4.59. The van der Waals surface area contributed by atoms with Gasteiger partial charge in [-0.15, -0.1) is 0 Å². The summed E-state index contributed by atoms with van der Waals surface area (Å²) in [5, 5.41) is 1.69. The predicted octanol–water partition coefficient (Wildman–Crippen LogP) is 4.41. The minimum atomic E-state index is -4.53. The second-order valence-corrected chi connectivity index (χ2v) is 6.68. The van der Waals surface area contributed by atoms with Gasteiger partial charge in [0.05, 0.1) is 0 Å². The van der Waals surface area contributed by atoms with Crippen LogP contribution in [-0.4, -0.2) is 21.1 Å². The Labute approximate surface area is 153 Å². The maximum atomic E-state index is 12.5. The number of rotatable bonds is 5. The zero-order valence-electron chi connectivity index (χ0n) is 14.1. The number of aromatic nitrogens is 3. The van der Waals surface area contributed by atoms with Crippen LogP contribution in [0.5, 0.6) is 0 Å². The van der Waals surface area contributed by atoms with Crippen LogP contribution in [0.3, 0.4) is 0 Å². The monoisotopic (exact) mass is 382 g/mol. The zero-order valence-corrected chi connectivity index (χ0v) is 14.8. The summed E-state index contributed by atoms with van der Waals surface area (Å²) in [6.45, 7) is 3.15. The van der Waals surface area contributed by atoms with Gasteiger partial charge in [-0.3, -0.25) is 0 Å². The van der Waals surface area contributed by atoms with E-state index in [2.05, 4.69) is 14.5 Å². The summed E-state index contributed by atoms with van der Waals surface area (Å²) in [5.74, 6) is -0.951. The summed E-state index contributed by atoms with van der Waals surface area (Å²) in [6, 6.07) is 5.67. The molecule has 3 rings (SSSR count). The van der Waals surface area contributed by atoms with Gasteiger partial charge in [-0.05, 0) is 48.2 Å². The lowest BCUT2D eigenvalue weighted by molar-refractivity contribution is -0.145. The topological polar surface area (TPSA) is 56.7 Å². The van der Waals surface area contributed by atoms with Gasteiger partial charge in [0, 0.05) is 41.1 Å². The maximum absolute atomic E-state index is 12.5. The van der Waals surface area contributed by atoms with Crippen molar-refractivity contribution < 1.29 is 13.2 Å². The first kappa shape index (κ1) is 18.7. The van der Waals surface area contributed by atoms with Crippen molar-refractivity contribution >= 4 is 22.5 Å². The van der Waals surface area contributed by atoms with Gasteiger partial charge >= 0.3 is 6.18 Å². The minimum Gasteiger partial charge on any atom is -0.347 e. The number of aryl methyl sites for hydroxylation is 2. The fourth-order valence-corrected chi connectivity index (χ4v) is 3.05. The number of benzene rings is 1. The second kappa shape index (κ2) is 7.25. The van der Waals surface area contributed by atoms with Crippen LogP contribution in [0.4, 0.5) is 13.2 Å². The second-order valence-electron chi connectivity index (χ2n) is 6.24. The highest BCUT2D eigenvalue weighted by molar-refractivity contribution is 6.31. The predicted molar refractivity (Wildman–Crippen MR) is 95.2 cm³/mol. The van der Waals surface area contributed by atoms with Crippen molar-refractivity contribution in [2.24, 2.45) is 5.73 Å². The van der Waals surface area contributed by atoms with Gasteiger partial charge in [0.2, 0.25) is 5.82 Å².